The fraction of sp³-hybridized carbons (Fsp3) is 0.333. The largest absolute Gasteiger partial charge is 0.497 e. The summed E-state index contributed by atoms with van der Waals surface area (Å²) < 4.78 is 22.1. The molecule has 1 atom stereocenters. The Kier molecular flexibility index (Phi) is 5.79. The van der Waals surface area contributed by atoms with Crippen LogP contribution in [0.1, 0.15) is 17.5 Å². The van der Waals surface area contributed by atoms with Gasteiger partial charge < -0.3 is 23.6 Å². The summed E-state index contributed by atoms with van der Waals surface area (Å²) in [5, 5.41) is 12.7. The number of methoxy groups -OCH3 is 1. The lowest BCUT2D eigenvalue weighted by Gasteiger charge is -2.33. The molecule has 1 aliphatic heterocycles. The highest BCUT2D eigenvalue weighted by molar-refractivity contribution is 5.59. The smallest absolute Gasteiger partial charge is 0.232 e. The Balaban J connectivity index is 1.53. The van der Waals surface area contributed by atoms with Crippen molar-refractivity contribution in [1.82, 2.24) is 9.88 Å². The van der Waals surface area contributed by atoms with E-state index in [0.29, 0.717) is 31.5 Å². The first-order valence-corrected chi connectivity index (χ1v) is 9.43. The Bertz CT molecular complexity index is 954. The van der Waals surface area contributed by atoms with E-state index in [9.17, 15) is 5.26 Å². The molecule has 0 spiro atoms. The van der Waals surface area contributed by atoms with Gasteiger partial charge in [0, 0.05) is 25.2 Å². The van der Waals surface area contributed by atoms with Crippen LogP contribution in [-0.2, 0) is 4.74 Å². The van der Waals surface area contributed by atoms with E-state index in [-0.39, 0.29) is 11.7 Å². The van der Waals surface area contributed by atoms with Crippen LogP contribution in [-0.4, -0.2) is 49.8 Å². The maximum Gasteiger partial charge on any atom is 0.232 e. The number of hydrogen-bond donors (Lipinski definition) is 1. The molecule has 0 aliphatic carbocycles. The van der Waals surface area contributed by atoms with Gasteiger partial charge in [-0.25, -0.2) is 0 Å². The molecule has 0 unspecified atom stereocenters. The minimum atomic E-state index is -0.00465. The van der Waals surface area contributed by atoms with Gasteiger partial charge in [-0.1, -0.05) is 0 Å². The summed E-state index contributed by atoms with van der Waals surface area (Å²) in [7, 11) is 1.61. The van der Waals surface area contributed by atoms with Crippen molar-refractivity contribution in [1.29, 1.82) is 5.26 Å². The van der Waals surface area contributed by atoms with E-state index in [0.717, 1.165) is 30.2 Å². The molecule has 150 valence electrons. The minimum absolute atomic E-state index is 0.00465. The van der Waals surface area contributed by atoms with E-state index in [1.165, 1.54) is 0 Å². The Morgan fingerprint density at radius 2 is 2.03 bits per heavy atom. The number of ether oxygens (including phenoxy) is 2. The van der Waals surface area contributed by atoms with Gasteiger partial charge in [0.2, 0.25) is 17.5 Å². The van der Waals surface area contributed by atoms with Crippen molar-refractivity contribution in [3.63, 3.8) is 0 Å². The Morgan fingerprint density at radius 1 is 1.24 bits per heavy atom. The van der Waals surface area contributed by atoms with E-state index in [2.05, 4.69) is 21.3 Å². The van der Waals surface area contributed by atoms with Crippen molar-refractivity contribution in [2.24, 2.45) is 0 Å². The van der Waals surface area contributed by atoms with E-state index < -0.39 is 0 Å². The van der Waals surface area contributed by atoms with Gasteiger partial charge in [-0.05, 0) is 36.4 Å². The lowest BCUT2D eigenvalue weighted by atomic mass is 10.1. The molecule has 8 heteroatoms. The Hall–Kier alpha value is -3.28. The predicted octanol–water partition coefficient (Wildman–Crippen LogP) is 3.30. The standard InChI is InChI=1S/C21H22N4O4/c1-26-16-6-4-15(5-7-16)20-24-17(13-22)21(29-20)23-14-18(19-3-2-10-28-19)25-8-11-27-12-9-25/h2-7,10,18,23H,8-9,11-12,14H2,1H3/t18-/m0/s1. The number of oxazole rings is 1. The van der Waals surface area contributed by atoms with Crippen molar-refractivity contribution in [2.75, 3.05) is 45.3 Å². The fourth-order valence-electron chi connectivity index (χ4n) is 3.34. The van der Waals surface area contributed by atoms with Crippen molar-refractivity contribution in [3.8, 4) is 23.3 Å². The molecule has 1 N–H and O–H groups in total. The van der Waals surface area contributed by atoms with Gasteiger partial charge in [0.25, 0.3) is 0 Å². The van der Waals surface area contributed by atoms with Gasteiger partial charge in [0.05, 0.1) is 32.6 Å². The van der Waals surface area contributed by atoms with E-state index in [4.69, 9.17) is 18.3 Å². The van der Waals surface area contributed by atoms with Gasteiger partial charge in [-0.3, -0.25) is 4.90 Å². The summed E-state index contributed by atoms with van der Waals surface area (Å²) in [5.41, 5.74) is 0.988. The second-order valence-corrected chi connectivity index (χ2v) is 6.60. The average Bonchev–Trinajstić information content (AvgIpc) is 3.45. The topological polar surface area (TPSA) is 96.7 Å². The maximum atomic E-state index is 9.48. The molecule has 1 fully saturated rings. The molecular weight excluding hydrogens is 372 g/mol. The molecule has 2 aromatic heterocycles. The Labute approximate surface area is 168 Å². The lowest BCUT2D eigenvalue weighted by molar-refractivity contribution is 0.0144. The molecule has 3 heterocycles. The number of anilines is 1. The Morgan fingerprint density at radius 3 is 2.69 bits per heavy atom. The van der Waals surface area contributed by atoms with Crippen molar-refractivity contribution < 1.29 is 18.3 Å². The minimum Gasteiger partial charge on any atom is -0.497 e. The SMILES string of the molecule is COc1ccc(-c2nc(C#N)c(NC[C@@H](c3ccco3)N3CCOCC3)o2)cc1. The first-order chi connectivity index (χ1) is 14.3. The van der Waals surface area contributed by atoms with Gasteiger partial charge in [0.1, 0.15) is 17.6 Å². The highest BCUT2D eigenvalue weighted by atomic mass is 16.5. The number of furan rings is 1. The summed E-state index contributed by atoms with van der Waals surface area (Å²) in [6.45, 7) is 3.51. The molecule has 29 heavy (non-hydrogen) atoms. The van der Waals surface area contributed by atoms with Crippen LogP contribution in [0.15, 0.2) is 51.5 Å². The summed E-state index contributed by atoms with van der Waals surface area (Å²) >= 11 is 0. The van der Waals surface area contributed by atoms with Crippen LogP contribution in [0.25, 0.3) is 11.5 Å². The molecule has 1 saturated heterocycles. The van der Waals surface area contributed by atoms with Crippen LogP contribution in [0.4, 0.5) is 5.88 Å². The van der Waals surface area contributed by atoms with Crippen LogP contribution < -0.4 is 10.1 Å². The van der Waals surface area contributed by atoms with E-state index in [1.807, 2.05) is 36.4 Å². The third-order valence-electron chi connectivity index (χ3n) is 4.88. The van der Waals surface area contributed by atoms with E-state index >= 15 is 0 Å². The number of morpholine rings is 1. The summed E-state index contributed by atoms with van der Waals surface area (Å²) in [6.07, 6.45) is 1.67. The van der Waals surface area contributed by atoms with Gasteiger partial charge in [0.15, 0.2) is 0 Å². The molecule has 1 aromatic carbocycles. The monoisotopic (exact) mass is 394 g/mol. The first kappa shape index (κ1) is 19.1. The lowest BCUT2D eigenvalue weighted by Crippen LogP contribution is -2.41. The highest BCUT2D eigenvalue weighted by Gasteiger charge is 2.26. The highest BCUT2D eigenvalue weighted by Crippen LogP contribution is 2.28. The third kappa shape index (κ3) is 4.26. The average molecular weight is 394 g/mol. The second-order valence-electron chi connectivity index (χ2n) is 6.60. The van der Waals surface area contributed by atoms with Crippen molar-refractivity contribution >= 4 is 5.88 Å². The first-order valence-electron chi connectivity index (χ1n) is 9.43. The summed E-state index contributed by atoms with van der Waals surface area (Å²) in [5.74, 6) is 2.33. The molecule has 8 nitrogen and oxygen atoms in total. The van der Waals surface area contributed by atoms with Crippen LogP contribution in [0.5, 0.6) is 5.75 Å². The normalized spacial score (nSPS) is 15.6. The van der Waals surface area contributed by atoms with Gasteiger partial charge in [-0.15, -0.1) is 0 Å². The molecule has 0 saturated carbocycles. The third-order valence-corrected chi connectivity index (χ3v) is 4.88. The number of nitriles is 1. The van der Waals surface area contributed by atoms with Crippen LogP contribution in [0.3, 0.4) is 0 Å². The van der Waals surface area contributed by atoms with Crippen molar-refractivity contribution in [2.45, 2.75) is 6.04 Å². The molecule has 3 aromatic rings. The predicted molar refractivity (Wildman–Crippen MR) is 106 cm³/mol. The number of hydrogen-bond acceptors (Lipinski definition) is 8. The maximum absolute atomic E-state index is 9.48. The molecule has 0 amide bonds. The number of nitrogens with one attached hydrogen (secondary N) is 1. The fourth-order valence-corrected chi connectivity index (χ4v) is 3.34. The zero-order valence-electron chi connectivity index (χ0n) is 16.1. The quantitative estimate of drug-likeness (QED) is 0.652. The molecule has 1 aliphatic rings. The molecule has 0 radical (unpaired) electrons. The second kappa shape index (κ2) is 8.82. The van der Waals surface area contributed by atoms with Crippen LogP contribution >= 0.6 is 0 Å². The number of nitrogens with zero attached hydrogens (tertiary/aromatic N) is 3. The number of aromatic nitrogens is 1. The van der Waals surface area contributed by atoms with E-state index in [1.54, 1.807) is 13.4 Å². The molecule has 0 bridgehead atoms. The van der Waals surface area contributed by atoms with Crippen LogP contribution in [0.2, 0.25) is 0 Å². The van der Waals surface area contributed by atoms with Crippen molar-refractivity contribution in [3.05, 3.63) is 54.1 Å². The summed E-state index contributed by atoms with van der Waals surface area (Å²) in [4.78, 5) is 6.61. The molecular formula is C21H22N4O4. The number of rotatable bonds is 7. The summed E-state index contributed by atoms with van der Waals surface area (Å²) in [6, 6.07) is 13.3. The van der Waals surface area contributed by atoms with Crippen LogP contribution in [0, 0.1) is 11.3 Å². The van der Waals surface area contributed by atoms with Gasteiger partial charge in [-0.2, -0.15) is 10.2 Å². The number of benzene rings is 1. The zero-order valence-corrected chi connectivity index (χ0v) is 16.1. The zero-order chi connectivity index (χ0) is 20.1. The van der Waals surface area contributed by atoms with Gasteiger partial charge >= 0.3 is 0 Å². The molecule has 4 rings (SSSR count).